The van der Waals surface area contributed by atoms with Crippen LogP contribution in [0.1, 0.15) is 25.8 Å². The van der Waals surface area contributed by atoms with Gasteiger partial charge in [-0.25, -0.2) is 0 Å². The van der Waals surface area contributed by atoms with E-state index in [9.17, 15) is 0 Å². The van der Waals surface area contributed by atoms with Gasteiger partial charge in [-0.1, -0.05) is 48.2 Å². The Morgan fingerprint density at radius 1 is 1.33 bits per heavy atom. The predicted molar refractivity (Wildman–Crippen MR) is 82.5 cm³/mol. The predicted octanol–water partition coefficient (Wildman–Crippen LogP) is 3.30. The van der Waals surface area contributed by atoms with E-state index in [1.165, 1.54) is 0 Å². The molecule has 2 rings (SSSR count). The van der Waals surface area contributed by atoms with Gasteiger partial charge in [0.25, 0.3) is 0 Å². The van der Waals surface area contributed by atoms with Gasteiger partial charge in [-0.3, -0.25) is 0 Å². The molecule has 0 aromatic heterocycles. The fourth-order valence-electron chi connectivity index (χ4n) is 2.22. The molecule has 1 aromatic carbocycles. The number of hydrogen-bond donors (Lipinski definition) is 0. The molecule has 1 aliphatic heterocycles. The third-order valence-electron chi connectivity index (χ3n) is 3.12. The minimum Gasteiger partial charge on any atom is -0.364 e. The van der Waals surface area contributed by atoms with Crippen LogP contribution in [0.3, 0.4) is 0 Å². The van der Waals surface area contributed by atoms with Crippen LogP contribution in [0.25, 0.3) is 0 Å². The average molecular weight is 286 g/mol. The molecule has 0 aliphatic carbocycles. The lowest BCUT2D eigenvalue weighted by Crippen LogP contribution is -2.43. The first-order valence-electron chi connectivity index (χ1n) is 7.17. The summed E-state index contributed by atoms with van der Waals surface area (Å²) in [6.07, 6.45) is 2.35. The maximum atomic E-state index is 5.77. The summed E-state index contributed by atoms with van der Waals surface area (Å²) < 4.78 is 17.0. The summed E-state index contributed by atoms with van der Waals surface area (Å²) >= 11 is 0. The molecule has 3 heteroatoms. The second kappa shape index (κ2) is 7.42. The Bertz CT molecular complexity index is 510. The lowest BCUT2D eigenvalue weighted by Gasteiger charge is -2.37. The van der Waals surface area contributed by atoms with Crippen molar-refractivity contribution >= 4 is 0 Å². The minimum absolute atomic E-state index is 0.0155. The van der Waals surface area contributed by atoms with Crippen LogP contribution in [0, 0.1) is 11.8 Å². The molecule has 0 N–H and O–H groups in total. The van der Waals surface area contributed by atoms with Gasteiger partial charge in [-0.15, -0.1) is 6.58 Å². The van der Waals surface area contributed by atoms with E-state index in [-0.39, 0.29) is 12.2 Å². The Labute approximate surface area is 126 Å². The maximum absolute atomic E-state index is 5.77. The highest BCUT2D eigenvalue weighted by atomic mass is 16.7. The molecule has 0 spiro atoms. The summed E-state index contributed by atoms with van der Waals surface area (Å²) in [5.41, 5.74) is 1.15. The Morgan fingerprint density at radius 3 is 2.81 bits per heavy atom. The molecule has 3 nitrogen and oxygen atoms in total. The van der Waals surface area contributed by atoms with Crippen LogP contribution < -0.4 is 0 Å². The molecule has 0 bridgehead atoms. The molecule has 2 atom stereocenters. The normalized spacial score (nSPS) is 23.9. The Balaban J connectivity index is 1.78. The van der Waals surface area contributed by atoms with Crippen molar-refractivity contribution in [2.45, 2.75) is 44.9 Å². The maximum Gasteiger partial charge on any atom is 0.165 e. The summed E-state index contributed by atoms with van der Waals surface area (Å²) in [6.45, 7) is 8.53. The summed E-state index contributed by atoms with van der Waals surface area (Å²) in [7, 11) is 0. The topological polar surface area (TPSA) is 27.7 Å². The number of ether oxygens (including phenoxy) is 3. The highest BCUT2D eigenvalue weighted by Crippen LogP contribution is 2.26. The third-order valence-corrected chi connectivity index (χ3v) is 3.12. The van der Waals surface area contributed by atoms with Gasteiger partial charge in [0.1, 0.15) is 12.7 Å². The van der Waals surface area contributed by atoms with Crippen LogP contribution in [0.2, 0.25) is 0 Å². The molecule has 112 valence electrons. The Morgan fingerprint density at radius 2 is 2.10 bits per heavy atom. The van der Waals surface area contributed by atoms with Crippen LogP contribution in [0.5, 0.6) is 0 Å². The molecule has 1 aliphatic rings. The van der Waals surface area contributed by atoms with Gasteiger partial charge >= 0.3 is 0 Å². The van der Waals surface area contributed by atoms with Crippen LogP contribution in [-0.2, 0) is 20.8 Å². The first-order chi connectivity index (χ1) is 10.1. The molecule has 1 fully saturated rings. The SMILES string of the molecule is C=C[C@@H]1C[C@H](C#CCOCc2ccccc2)OC(C)(C)O1. The molecule has 0 saturated carbocycles. The smallest absolute Gasteiger partial charge is 0.165 e. The van der Waals surface area contributed by atoms with E-state index in [1.807, 2.05) is 44.2 Å². The monoisotopic (exact) mass is 286 g/mol. The van der Waals surface area contributed by atoms with E-state index in [0.29, 0.717) is 19.6 Å². The van der Waals surface area contributed by atoms with E-state index in [1.54, 1.807) is 6.08 Å². The van der Waals surface area contributed by atoms with E-state index >= 15 is 0 Å². The highest BCUT2D eigenvalue weighted by molar-refractivity contribution is 5.14. The van der Waals surface area contributed by atoms with Gasteiger partial charge < -0.3 is 14.2 Å². The van der Waals surface area contributed by atoms with Crippen molar-refractivity contribution in [3.8, 4) is 11.8 Å². The lowest BCUT2D eigenvalue weighted by molar-refractivity contribution is -0.278. The lowest BCUT2D eigenvalue weighted by atomic mass is 10.1. The van der Waals surface area contributed by atoms with Gasteiger partial charge in [-0.05, 0) is 19.4 Å². The second-order valence-corrected chi connectivity index (χ2v) is 5.43. The molecule has 1 aromatic rings. The molecular weight excluding hydrogens is 264 g/mol. The molecule has 1 heterocycles. The highest BCUT2D eigenvalue weighted by Gasteiger charge is 2.33. The Kier molecular flexibility index (Phi) is 5.58. The number of rotatable bonds is 4. The quantitative estimate of drug-likeness (QED) is 0.483. The summed E-state index contributed by atoms with van der Waals surface area (Å²) in [6, 6.07) is 10.1. The zero-order valence-corrected chi connectivity index (χ0v) is 12.7. The second-order valence-electron chi connectivity index (χ2n) is 5.43. The van der Waals surface area contributed by atoms with Crippen molar-refractivity contribution in [2.75, 3.05) is 6.61 Å². The van der Waals surface area contributed by atoms with Crippen molar-refractivity contribution < 1.29 is 14.2 Å². The van der Waals surface area contributed by atoms with Crippen LogP contribution in [-0.4, -0.2) is 24.6 Å². The molecule has 0 amide bonds. The first-order valence-corrected chi connectivity index (χ1v) is 7.17. The average Bonchev–Trinajstić information content (AvgIpc) is 2.46. The van der Waals surface area contributed by atoms with E-state index in [4.69, 9.17) is 14.2 Å². The van der Waals surface area contributed by atoms with Crippen LogP contribution in [0.15, 0.2) is 43.0 Å². The molecule has 1 saturated heterocycles. The third kappa shape index (κ3) is 5.35. The van der Waals surface area contributed by atoms with E-state index in [0.717, 1.165) is 5.56 Å². The van der Waals surface area contributed by atoms with Crippen molar-refractivity contribution in [3.05, 3.63) is 48.6 Å². The van der Waals surface area contributed by atoms with Gasteiger partial charge in [0, 0.05) is 6.42 Å². The molecule has 0 unspecified atom stereocenters. The van der Waals surface area contributed by atoms with Gasteiger partial charge in [0.15, 0.2) is 5.79 Å². The summed E-state index contributed by atoms with van der Waals surface area (Å²) in [5.74, 6) is 5.50. The van der Waals surface area contributed by atoms with Gasteiger partial charge in [0.05, 0.1) is 12.7 Å². The van der Waals surface area contributed by atoms with Gasteiger partial charge in [-0.2, -0.15) is 0 Å². The Hall–Kier alpha value is -1.60. The molecular formula is C18H22O3. The standard InChI is InChI=1S/C18H22O3/c1-4-16-13-17(21-18(2,3)20-16)11-8-12-19-14-15-9-6-5-7-10-15/h4-7,9-10,16-17H,1,12-14H2,2-3H3/t16-,17+/m1/s1. The summed E-state index contributed by atoms with van der Waals surface area (Å²) in [5, 5.41) is 0. The fourth-order valence-corrected chi connectivity index (χ4v) is 2.22. The van der Waals surface area contributed by atoms with Crippen molar-refractivity contribution in [2.24, 2.45) is 0 Å². The van der Waals surface area contributed by atoms with Crippen molar-refractivity contribution in [3.63, 3.8) is 0 Å². The molecule has 0 radical (unpaired) electrons. The number of benzene rings is 1. The van der Waals surface area contributed by atoms with E-state index in [2.05, 4.69) is 18.4 Å². The van der Waals surface area contributed by atoms with Crippen molar-refractivity contribution in [1.82, 2.24) is 0 Å². The fraction of sp³-hybridized carbons (Fsp3) is 0.444. The zero-order chi connectivity index (χ0) is 15.1. The van der Waals surface area contributed by atoms with E-state index < -0.39 is 5.79 Å². The van der Waals surface area contributed by atoms with Crippen molar-refractivity contribution in [1.29, 1.82) is 0 Å². The summed E-state index contributed by atoms with van der Waals surface area (Å²) in [4.78, 5) is 0. The first kappa shape index (κ1) is 15.8. The van der Waals surface area contributed by atoms with Crippen LogP contribution >= 0.6 is 0 Å². The van der Waals surface area contributed by atoms with Crippen LogP contribution in [0.4, 0.5) is 0 Å². The largest absolute Gasteiger partial charge is 0.364 e. The minimum atomic E-state index is -0.624. The zero-order valence-electron chi connectivity index (χ0n) is 12.7. The molecule has 21 heavy (non-hydrogen) atoms. The number of hydrogen-bond acceptors (Lipinski definition) is 3. The van der Waals surface area contributed by atoms with Gasteiger partial charge in [0.2, 0.25) is 0 Å².